The first-order valence-corrected chi connectivity index (χ1v) is 14.0. The molecule has 0 radical (unpaired) electrons. The van der Waals surface area contributed by atoms with E-state index in [0.29, 0.717) is 29.2 Å². The molecular formula is C34H39N5O3. The maximum absolute atomic E-state index is 12.9. The lowest BCUT2D eigenvalue weighted by molar-refractivity contribution is 0.0993. The Hall–Kier alpha value is -4.85. The summed E-state index contributed by atoms with van der Waals surface area (Å²) in [6.07, 6.45) is 6.60. The second-order valence-electron chi connectivity index (χ2n) is 10.4. The van der Waals surface area contributed by atoms with Crippen LogP contribution < -0.4 is 10.6 Å². The number of benzene rings is 2. The number of ketones is 1. The molecule has 2 N–H and O–H groups in total. The topological polar surface area (TPSA) is 109 Å². The zero-order valence-electron chi connectivity index (χ0n) is 25.1. The van der Waals surface area contributed by atoms with Gasteiger partial charge in [0.1, 0.15) is 5.76 Å². The number of hydrogen-bond donors (Lipinski definition) is 2. The van der Waals surface area contributed by atoms with Gasteiger partial charge in [0.05, 0.1) is 5.69 Å². The maximum Gasteiger partial charge on any atom is 0.324 e. The molecule has 0 fully saturated rings. The zero-order valence-corrected chi connectivity index (χ0v) is 25.1. The van der Waals surface area contributed by atoms with Crippen LogP contribution in [-0.2, 0) is 18.3 Å². The first-order chi connectivity index (χ1) is 20.2. The Labute approximate surface area is 248 Å². The summed E-state index contributed by atoms with van der Waals surface area (Å²) in [5.74, 6) is 1.05. The maximum atomic E-state index is 12.9. The van der Waals surface area contributed by atoms with Crippen LogP contribution in [0.25, 0.3) is 5.57 Å². The van der Waals surface area contributed by atoms with Crippen molar-refractivity contribution in [3.8, 4) is 0 Å². The smallest absolute Gasteiger partial charge is 0.324 e. The molecule has 2 aromatic heterocycles. The van der Waals surface area contributed by atoms with E-state index >= 15 is 0 Å². The number of nitrogens with zero attached hydrogens (tertiary/aromatic N) is 3. The van der Waals surface area contributed by atoms with Crippen molar-refractivity contribution in [3.05, 3.63) is 113 Å². The van der Waals surface area contributed by atoms with E-state index < -0.39 is 6.03 Å². The first-order valence-electron chi connectivity index (χ1n) is 14.0. The van der Waals surface area contributed by atoms with Gasteiger partial charge in [0, 0.05) is 54.2 Å². The van der Waals surface area contributed by atoms with E-state index in [1.165, 1.54) is 0 Å². The van der Waals surface area contributed by atoms with Gasteiger partial charge in [0.25, 0.3) is 0 Å². The number of pyridine rings is 1. The third kappa shape index (κ3) is 9.37. The van der Waals surface area contributed by atoms with Crippen molar-refractivity contribution >= 4 is 35.1 Å². The minimum atomic E-state index is -0.429. The number of hydrogen-bond acceptors (Lipinski definition) is 6. The fourth-order valence-corrected chi connectivity index (χ4v) is 3.91. The van der Waals surface area contributed by atoms with E-state index in [1.54, 1.807) is 37.7 Å². The summed E-state index contributed by atoms with van der Waals surface area (Å²) in [5.41, 5.74) is 4.81. The SMILES string of the molecule is CC.CN=C/C(=C\Cc1ccc(C(=O)Cc2ccc(NC(=O)Nc3cc(C(C)(C)C)on3)cc2)cc1)c1ccccn1. The van der Waals surface area contributed by atoms with Crippen molar-refractivity contribution in [2.75, 3.05) is 17.7 Å². The summed E-state index contributed by atoms with van der Waals surface area (Å²) in [4.78, 5) is 33.7. The minimum absolute atomic E-state index is 0.0218. The lowest BCUT2D eigenvalue weighted by Crippen LogP contribution is -2.19. The van der Waals surface area contributed by atoms with Crippen molar-refractivity contribution in [3.63, 3.8) is 0 Å². The summed E-state index contributed by atoms with van der Waals surface area (Å²) in [6, 6.07) is 21.9. The second kappa shape index (κ2) is 15.2. The van der Waals surface area contributed by atoms with Gasteiger partial charge in [-0.05, 0) is 41.8 Å². The predicted octanol–water partition coefficient (Wildman–Crippen LogP) is 7.79. The zero-order chi connectivity index (χ0) is 30.5. The molecule has 4 aromatic rings. The fourth-order valence-electron chi connectivity index (χ4n) is 3.91. The number of anilines is 2. The molecular weight excluding hydrogens is 526 g/mol. The summed E-state index contributed by atoms with van der Waals surface area (Å²) in [6.45, 7) is 10.0. The minimum Gasteiger partial charge on any atom is -0.359 e. The highest BCUT2D eigenvalue weighted by atomic mass is 16.5. The number of carbonyl (C=O) groups is 2. The molecule has 2 heterocycles. The summed E-state index contributed by atoms with van der Waals surface area (Å²) in [7, 11) is 1.74. The van der Waals surface area contributed by atoms with E-state index in [4.69, 9.17) is 4.52 Å². The molecule has 0 aliphatic carbocycles. The Morgan fingerprint density at radius 3 is 2.21 bits per heavy atom. The van der Waals surface area contributed by atoms with Crippen LogP contribution in [0.15, 0.2) is 94.6 Å². The normalized spacial score (nSPS) is 11.5. The second-order valence-corrected chi connectivity index (χ2v) is 10.4. The monoisotopic (exact) mass is 565 g/mol. The molecule has 2 amide bonds. The average Bonchev–Trinajstić information content (AvgIpc) is 3.47. The Balaban J connectivity index is 0.00000237. The lowest BCUT2D eigenvalue weighted by atomic mass is 9.93. The number of aromatic nitrogens is 2. The quantitative estimate of drug-likeness (QED) is 0.159. The van der Waals surface area contributed by atoms with E-state index in [0.717, 1.165) is 22.4 Å². The fraction of sp³-hybridized carbons (Fsp3) is 0.265. The van der Waals surface area contributed by atoms with Crippen LogP contribution in [0.3, 0.4) is 0 Å². The van der Waals surface area contributed by atoms with Crippen LogP contribution >= 0.6 is 0 Å². The van der Waals surface area contributed by atoms with E-state index in [1.807, 2.05) is 89.2 Å². The third-order valence-electron chi connectivity index (χ3n) is 6.13. The lowest BCUT2D eigenvalue weighted by Gasteiger charge is -2.12. The number of aliphatic imine (C=N–C) groups is 1. The molecule has 8 nitrogen and oxygen atoms in total. The van der Waals surface area contributed by atoms with E-state index in [-0.39, 0.29) is 17.6 Å². The molecule has 0 atom stereocenters. The molecule has 42 heavy (non-hydrogen) atoms. The highest BCUT2D eigenvalue weighted by Gasteiger charge is 2.20. The van der Waals surface area contributed by atoms with E-state index in [9.17, 15) is 9.59 Å². The van der Waals surface area contributed by atoms with Gasteiger partial charge in [0.15, 0.2) is 11.6 Å². The van der Waals surface area contributed by atoms with Gasteiger partial charge < -0.3 is 9.84 Å². The van der Waals surface area contributed by atoms with Gasteiger partial charge in [-0.2, -0.15) is 0 Å². The number of urea groups is 1. The number of carbonyl (C=O) groups excluding carboxylic acids is 2. The van der Waals surface area contributed by atoms with Gasteiger partial charge >= 0.3 is 6.03 Å². The Bertz CT molecular complexity index is 1500. The molecule has 0 unspecified atom stereocenters. The van der Waals surface area contributed by atoms with Crippen molar-refractivity contribution in [1.82, 2.24) is 10.1 Å². The summed E-state index contributed by atoms with van der Waals surface area (Å²) < 4.78 is 5.29. The van der Waals surface area contributed by atoms with Crippen LogP contribution in [0, 0.1) is 0 Å². The molecule has 0 saturated heterocycles. The number of nitrogens with one attached hydrogen (secondary N) is 2. The highest BCUT2D eigenvalue weighted by Crippen LogP contribution is 2.24. The predicted molar refractivity (Wildman–Crippen MR) is 170 cm³/mol. The number of allylic oxidation sites excluding steroid dienone is 2. The summed E-state index contributed by atoms with van der Waals surface area (Å²) >= 11 is 0. The van der Waals surface area contributed by atoms with Gasteiger partial charge in [-0.25, -0.2) is 4.79 Å². The van der Waals surface area contributed by atoms with Crippen LogP contribution in [0.2, 0.25) is 0 Å². The van der Waals surface area contributed by atoms with Crippen LogP contribution in [-0.4, -0.2) is 35.2 Å². The molecule has 4 rings (SSSR count). The highest BCUT2D eigenvalue weighted by molar-refractivity contribution is 6.09. The molecule has 0 saturated carbocycles. The van der Waals surface area contributed by atoms with Gasteiger partial charge in [-0.15, -0.1) is 0 Å². The largest absolute Gasteiger partial charge is 0.359 e. The van der Waals surface area contributed by atoms with Crippen LogP contribution in [0.4, 0.5) is 16.3 Å². The molecule has 0 aliphatic heterocycles. The average molecular weight is 566 g/mol. The molecule has 2 aromatic carbocycles. The molecule has 8 heteroatoms. The Kier molecular flexibility index (Phi) is 11.5. The number of Topliss-reactive ketones (excluding diaryl/α,β-unsaturated/α-hetero) is 1. The Morgan fingerprint density at radius 1 is 0.929 bits per heavy atom. The van der Waals surface area contributed by atoms with Gasteiger partial charge in [-0.3, -0.25) is 20.1 Å². The van der Waals surface area contributed by atoms with Crippen molar-refractivity contribution < 1.29 is 14.1 Å². The van der Waals surface area contributed by atoms with Crippen LogP contribution in [0.1, 0.15) is 67.6 Å². The molecule has 218 valence electrons. The van der Waals surface area contributed by atoms with Gasteiger partial charge in [0.2, 0.25) is 0 Å². The third-order valence-corrected chi connectivity index (χ3v) is 6.13. The number of rotatable bonds is 9. The van der Waals surface area contributed by atoms with Crippen molar-refractivity contribution in [2.24, 2.45) is 4.99 Å². The first kappa shape index (κ1) is 31.7. The van der Waals surface area contributed by atoms with Crippen molar-refractivity contribution in [1.29, 1.82) is 0 Å². The standard InChI is InChI=1S/C32H33N5O3.C2H6/c1-32(2,3)29-20-30(37-40-29)36-31(39)35-26-16-11-23(12-17-26)19-28(38)24-13-8-22(9-14-24)10-15-25(21-33-4)27-7-5-6-18-34-27;1-2/h5-9,11-18,20-21H,10,19H2,1-4H3,(H2,35,36,37,39);1-2H3/b25-15+,33-21?;. The molecule has 0 spiro atoms. The number of amides is 2. The van der Waals surface area contributed by atoms with Gasteiger partial charge in [-0.1, -0.05) is 88.3 Å². The van der Waals surface area contributed by atoms with Crippen molar-refractivity contribution in [2.45, 2.75) is 52.9 Å². The summed E-state index contributed by atoms with van der Waals surface area (Å²) in [5, 5.41) is 9.31. The van der Waals surface area contributed by atoms with Crippen LogP contribution in [0.5, 0.6) is 0 Å². The molecule has 0 bridgehead atoms. The van der Waals surface area contributed by atoms with E-state index in [2.05, 4.69) is 31.8 Å². The molecule has 0 aliphatic rings. The Morgan fingerprint density at radius 2 is 1.62 bits per heavy atom.